The number of aromatic carboxylic acids is 1. The zero-order chi connectivity index (χ0) is 18.5. The van der Waals surface area contributed by atoms with Gasteiger partial charge in [0.05, 0.1) is 12.3 Å². The Hall–Kier alpha value is -2.94. The second kappa shape index (κ2) is 7.96. The number of carboxylic acids is 1. The molecule has 3 rings (SSSR count). The van der Waals surface area contributed by atoms with Gasteiger partial charge in [0.25, 0.3) is 0 Å². The van der Waals surface area contributed by atoms with E-state index in [9.17, 15) is 14.7 Å². The van der Waals surface area contributed by atoms with Gasteiger partial charge in [0.2, 0.25) is 5.91 Å². The van der Waals surface area contributed by atoms with Gasteiger partial charge in [0, 0.05) is 5.69 Å². The average Bonchev–Trinajstić information content (AvgIpc) is 3.07. The minimum atomic E-state index is -1.20. The first-order valence-electron chi connectivity index (χ1n) is 8.39. The van der Waals surface area contributed by atoms with Crippen LogP contribution < -0.4 is 10.1 Å². The van der Waals surface area contributed by atoms with E-state index in [1.54, 1.807) is 24.3 Å². The number of carboxylic acid groups (broad SMARTS) is 1. The molecule has 1 aliphatic carbocycles. The zero-order valence-electron chi connectivity index (χ0n) is 14.0. The van der Waals surface area contributed by atoms with E-state index in [0.717, 1.165) is 30.4 Å². The van der Waals surface area contributed by atoms with Crippen molar-refractivity contribution in [3.05, 3.63) is 36.2 Å². The van der Waals surface area contributed by atoms with E-state index >= 15 is 0 Å². The summed E-state index contributed by atoms with van der Waals surface area (Å²) >= 11 is 0. The number of hydrogen-bond acceptors (Lipinski definition) is 6. The number of aromatic nitrogens is 3. The molecule has 3 N–H and O–H groups in total. The minimum absolute atomic E-state index is 0.146. The molecule has 1 aromatic heterocycles. The topological polar surface area (TPSA) is 127 Å². The second-order valence-electron chi connectivity index (χ2n) is 6.19. The first-order chi connectivity index (χ1) is 12.5. The lowest BCUT2D eigenvalue weighted by molar-refractivity contribution is -0.116. The number of nitrogens with zero attached hydrogens (tertiary/aromatic N) is 3. The van der Waals surface area contributed by atoms with Gasteiger partial charge in [0.1, 0.15) is 18.4 Å². The summed E-state index contributed by atoms with van der Waals surface area (Å²) < 4.78 is 6.96. The molecule has 1 amide bonds. The summed E-state index contributed by atoms with van der Waals surface area (Å²) in [5.74, 6) is -0.921. The Morgan fingerprint density at radius 1 is 1.23 bits per heavy atom. The molecule has 1 aromatic carbocycles. The largest absolute Gasteiger partial charge is 0.488 e. The van der Waals surface area contributed by atoms with Crippen molar-refractivity contribution in [1.29, 1.82) is 0 Å². The van der Waals surface area contributed by atoms with Gasteiger partial charge in [-0.3, -0.25) is 4.79 Å². The van der Waals surface area contributed by atoms with Crippen molar-refractivity contribution < 1.29 is 24.5 Å². The fourth-order valence-corrected chi connectivity index (χ4v) is 2.83. The molecule has 1 heterocycles. The van der Waals surface area contributed by atoms with Gasteiger partial charge in [0.15, 0.2) is 5.69 Å². The van der Waals surface area contributed by atoms with Gasteiger partial charge < -0.3 is 20.3 Å². The van der Waals surface area contributed by atoms with Crippen molar-refractivity contribution in [1.82, 2.24) is 15.0 Å². The van der Waals surface area contributed by atoms with Gasteiger partial charge in [-0.1, -0.05) is 11.6 Å². The van der Waals surface area contributed by atoms with Crippen molar-refractivity contribution in [2.75, 3.05) is 5.32 Å². The molecule has 26 heavy (non-hydrogen) atoms. The Bertz CT molecular complexity index is 774. The molecule has 2 unspecified atom stereocenters. The molecule has 0 aliphatic heterocycles. The molecule has 1 aliphatic rings. The Morgan fingerprint density at radius 3 is 2.62 bits per heavy atom. The predicted molar refractivity (Wildman–Crippen MR) is 90.9 cm³/mol. The van der Waals surface area contributed by atoms with Gasteiger partial charge in [-0.25, -0.2) is 9.48 Å². The van der Waals surface area contributed by atoms with E-state index in [-0.39, 0.29) is 24.2 Å². The number of nitrogens with one attached hydrogen (secondary N) is 1. The average molecular weight is 360 g/mol. The highest BCUT2D eigenvalue weighted by Crippen LogP contribution is 2.24. The molecule has 9 nitrogen and oxygen atoms in total. The van der Waals surface area contributed by atoms with Gasteiger partial charge in [-0.15, -0.1) is 5.10 Å². The van der Waals surface area contributed by atoms with Crippen LogP contribution in [0.25, 0.3) is 0 Å². The molecule has 0 spiro atoms. The van der Waals surface area contributed by atoms with E-state index in [4.69, 9.17) is 9.84 Å². The highest BCUT2D eigenvalue weighted by atomic mass is 16.5. The Balaban J connectivity index is 1.53. The van der Waals surface area contributed by atoms with Gasteiger partial charge in [-0.05, 0) is 43.5 Å². The van der Waals surface area contributed by atoms with E-state index in [0.29, 0.717) is 11.4 Å². The maximum atomic E-state index is 12.0. The van der Waals surface area contributed by atoms with Gasteiger partial charge in [-0.2, -0.15) is 0 Å². The number of anilines is 1. The molecule has 2 atom stereocenters. The number of carbonyl (C=O) groups excluding carboxylic acids is 1. The molecule has 0 radical (unpaired) electrons. The van der Waals surface area contributed by atoms with Gasteiger partial charge >= 0.3 is 5.97 Å². The maximum Gasteiger partial charge on any atom is 0.358 e. The molecular weight excluding hydrogens is 340 g/mol. The summed E-state index contributed by atoms with van der Waals surface area (Å²) in [6, 6.07) is 6.86. The van der Waals surface area contributed by atoms with Crippen LogP contribution in [0, 0.1) is 0 Å². The van der Waals surface area contributed by atoms with E-state index in [2.05, 4.69) is 15.6 Å². The first kappa shape index (κ1) is 17.9. The third kappa shape index (κ3) is 4.57. The second-order valence-corrected chi connectivity index (χ2v) is 6.19. The van der Waals surface area contributed by atoms with Crippen molar-refractivity contribution in [3.8, 4) is 5.75 Å². The van der Waals surface area contributed by atoms with Crippen LogP contribution in [0.15, 0.2) is 30.5 Å². The van der Waals surface area contributed by atoms with Crippen LogP contribution in [-0.4, -0.2) is 49.3 Å². The predicted octanol–water partition coefficient (Wildman–Crippen LogP) is 1.30. The van der Waals surface area contributed by atoms with Crippen LogP contribution in [0.5, 0.6) is 5.75 Å². The summed E-state index contributed by atoms with van der Waals surface area (Å²) in [6.45, 7) is -0.146. The van der Waals surface area contributed by atoms with E-state index in [1.807, 2.05) is 0 Å². The standard InChI is InChI=1S/C17H20N4O5/c22-14-3-1-2-4-15(14)26-12-7-5-11(6-8-12)18-16(23)10-21-9-13(17(24)25)19-20-21/h5-9,14-15,22H,1-4,10H2,(H,18,23)(H,24,25). The number of ether oxygens (including phenoxy) is 1. The fourth-order valence-electron chi connectivity index (χ4n) is 2.83. The Kier molecular flexibility index (Phi) is 5.47. The van der Waals surface area contributed by atoms with Crippen LogP contribution in [0.1, 0.15) is 36.2 Å². The summed E-state index contributed by atoms with van der Waals surface area (Å²) in [4.78, 5) is 22.7. The lowest BCUT2D eigenvalue weighted by Gasteiger charge is -2.28. The third-order valence-electron chi connectivity index (χ3n) is 4.16. The molecular formula is C17H20N4O5. The number of carbonyl (C=O) groups is 2. The number of aliphatic hydroxyl groups excluding tert-OH is 1. The summed E-state index contributed by atoms with van der Waals surface area (Å²) in [6.07, 6.45) is 4.20. The number of benzene rings is 1. The number of hydrogen-bond donors (Lipinski definition) is 3. The van der Waals surface area contributed by atoms with Crippen molar-refractivity contribution in [2.24, 2.45) is 0 Å². The lowest BCUT2D eigenvalue weighted by Crippen LogP contribution is -2.34. The lowest BCUT2D eigenvalue weighted by atomic mass is 9.95. The highest BCUT2D eigenvalue weighted by Gasteiger charge is 2.24. The number of aliphatic hydroxyl groups is 1. The third-order valence-corrected chi connectivity index (χ3v) is 4.16. The van der Waals surface area contributed by atoms with Crippen LogP contribution in [-0.2, 0) is 11.3 Å². The van der Waals surface area contributed by atoms with Crippen molar-refractivity contribution in [3.63, 3.8) is 0 Å². The smallest absolute Gasteiger partial charge is 0.358 e. The molecule has 2 aromatic rings. The monoisotopic (exact) mass is 360 g/mol. The number of amides is 1. The summed E-state index contributed by atoms with van der Waals surface area (Å²) in [7, 11) is 0. The SMILES string of the molecule is O=C(Cn1cc(C(=O)O)nn1)Nc1ccc(OC2CCCCC2O)cc1. The normalized spacial score (nSPS) is 19.7. The quantitative estimate of drug-likeness (QED) is 0.708. The van der Waals surface area contributed by atoms with E-state index in [1.165, 1.54) is 6.20 Å². The number of rotatable bonds is 6. The van der Waals surface area contributed by atoms with Crippen LogP contribution in [0.4, 0.5) is 5.69 Å². The first-order valence-corrected chi connectivity index (χ1v) is 8.39. The van der Waals surface area contributed by atoms with Crippen LogP contribution in [0.2, 0.25) is 0 Å². The molecule has 0 saturated heterocycles. The van der Waals surface area contributed by atoms with E-state index < -0.39 is 12.1 Å². The molecule has 0 bridgehead atoms. The molecule has 138 valence electrons. The Morgan fingerprint density at radius 2 is 1.96 bits per heavy atom. The summed E-state index contributed by atoms with van der Waals surface area (Å²) in [5.41, 5.74) is 0.356. The molecule has 9 heteroatoms. The van der Waals surface area contributed by atoms with Crippen molar-refractivity contribution in [2.45, 2.75) is 44.4 Å². The zero-order valence-corrected chi connectivity index (χ0v) is 14.0. The van der Waals surface area contributed by atoms with Crippen molar-refractivity contribution >= 4 is 17.6 Å². The fraction of sp³-hybridized carbons (Fsp3) is 0.412. The minimum Gasteiger partial charge on any atom is -0.488 e. The Labute approximate surface area is 149 Å². The molecule has 1 fully saturated rings. The maximum absolute atomic E-state index is 12.0. The van der Waals surface area contributed by atoms with Crippen LogP contribution >= 0.6 is 0 Å². The molecule has 1 saturated carbocycles. The highest BCUT2D eigenvalue weighted by molar-refractivity contribution is 5.90. The summed E-state index contributed by atoms with van der Waals surface area (Å²) in [5, 5.41) is 28.5. The van der Waals surface area contributed by atoms with Crippen LogP contribution in [0.3, 0.4) is 0 Å².